The molecule has 200 valence electrons. The Hall–Kier alpha value is -4.82. The van der Waals surface area contributed by atoms with Gasteiger partial charge in [-0.15, -0.1) is 0 Å². The maximum absolute atomic E-state index is 2.51. The number of para-hydroxylation sites is 2. The van der Waals surface area contributed by atoms with Gasteiger partial charge in [0, 0.05) is 40.8 Å². The van der Waals surface area contributed by atoms with E-state index >= 15 is 0 Å². The molecule has 0 atom stereocenters. The largest absolute Gasteiger partial charge is 0.341 e. The van der Waals surface area contributed by atoms with E-state index in [-0.39, 0.29) is 5.92 Å². The maximum atomic E-state index is 2.51. The molecule has 0 fully saturated rings. The summed E-state index contributed by atoms with van der Waals surface area (Å²) in [5.41, 5.74) is 11.7. The van der Waals surface area contributed by atoms with Gasteiger partial charge < -0.3 is 9.13 Å². The summed E-state index contributed by atoms with van der Waals surface area (Å²) in [5, 5.41) is 2.63. The zero-order chi connectivity index (χ0) is 27.8. The molecule has 0 spiro atoms. The highest BCUT2D eigenvalue weighted by Crippen LogP contribution is 2.49. The highest BCUT2D eigenvalue weighted by Gasteiger charge is 2.32. The smallest absolute Gasteiger partial charge is 0.0533 e. The first-order chi connectivity index (χ1) is 20.3. The number of nitrogens with zero attached hydrogens (tertiary/aromatic N) is 2. The lowest BCUT2D eigenvalue weighted by atomic mass is 9.80. The van der Waals surface area contributed by atoms with Gasteiger partial charge in [0.15, 0.2) is 0 Å². The van der Waals surface area contributed by atoms with E-state index < -0.39 is 0 Å². The Balaban J connectivity index is 1.69. The minimum atomic E-state index is 0.0250. The van der Waals surface area contributed by atoms with Gasteiger partial charge in [0.2, 0.25) is 0 Å². The lowest BCUT2D eigenvalue weighted by Crippen LogP contribution is -2.08. The van der Waals surface area contributed by atoms with Crippen molar-refractivity contribution < 1.29 is 0 Å². The molecule has 2 heteroatoms. The van der Waals surface area contributed by atoms with E-state index in [2.05, 4.69) is 163 Å². The quantitative estimate of drug-likeness (QED) is 0.194. The van der Waals surface area contributed by atoms with Crippen molar-refractivity contribution in [1.82, 2.24) is 9.13 Å². The summed E-state index contributed by atoms with van der Waals surface area (Å²) in [4.78, 5) is 0. The van der Waals surface area contributed by atoms with Crippen molar-refractivity contribution in [1.29, 1.82) is 0 Å². The second-order valence-corrected chi connectivity index (χ2v) is 10.6. The van der Waals surface area contributed by atoms with Gasteiger partial charge in [0.1, 0.15) is 0 Å². The number of aryl methyl sites for hydroxylation is 2. The summed E-state index contributed by atoms with van der Waals surface area (Å²) in [7, 11) is 0. The van der Waals surface area contributed by atoms with Crippen molar-refractivity contribution in [3.63, 3.8) is 0 Å². The van der Waals surface area contributed by atoms with Crippen molar-refractivity contribution in [2.45, 2.75) is 32.9 Å². The topological polar surface area (TPSA) is 9.86 Å². The Labute approximate surface area is 242 Å². The molecule has 0 saturated heterocycles. The highest BCUT2D eigenvalue weighted by molar-refractivity contribution is 5.98. The van der Waals surface area contributed by atoms with Gasteiger partial charge in [-0.05, 0) is 53.8 Å². The van der Waals surface area contributed by atoms with Gasteiger partial charge >= 0.3 is 0 Å². The van der Waals surface area contributed by atoms with Gasteiger partial charge in [0.25, 0.3) is 0 Å². The van der Waals surface area contributed by atoms with E-state index in [0.29, 0.717) is 0 Å². The fraction of sp³-hybridized carbons (Fsp3) is 0.128. The summed E-state index contributed by atoms with van der Waals surface area (Å²) in [6.07, 6.45) is 0. The highest BCUT2D eigenvalue weighted by atomic mass is 15.0. The molecule has 0 amide bonds. The van der Waals surface area contributed by atoms with Crippen LogP contribution >= 0.6 is 0 Å². The van der Waals surface area contributed by atoms with Crippen LogP contribution in [0.3, 0.4) is 0 Å². The Morgan fingerprint density at radius 3 is 1.22 bits per heavy atom. The lowest BCUT2D eigenvalue weighted by molar-refractivity contribution is 0.792. The van der Waals surface area contributed by atoms with Crippen molar-refractivity contribution in [3.8, 4) is 22.5 Å². The van der Waals surface area contributed by atoms with Gasteiger partial charge in [-0.25, -0.2) is 0 Å². The second kappa shape index (κ2) is 10.6. The van der Waals surface area contributed by atoms with Crippen LogP contribution in [0.2, 0.25) is 0 Å². The van der Waals surface area contributed by atoms with Crippen molar-refractivity contribution in [2.24, 2.45) is 0 Å². The lowest BCUT2D eigenvalue weighted by Gasteiger charge is -2.23. The van der Waals surface area contributed by atoms with Gasteiger partial charge in [-0.1, -0.05) is 127 Å². The van der Waals surface area contributed by atoms with E-state index in [0.717, 1.165) is 13.1 Å². The average Bonchev–Trinajstić information content (AvgIpc) is 3.56. The number of hydrogen-bond acceptors (Lipinski definition) is 0. The van der Waals surface area contributed by atoms with E-state index in [1.165, 1.54) is 61.0 Å². The minimum Gasteiger partial charge on any atom is -0.341 e. The third-order valence-corrected chi connectivity index (χ3v) is 8.46. The van der Waals surface area contributed by atoms with Crippen molar-refractivity contribution in [2.75, 3.05) is 0 Å². The van der Waals surface area contributed by atoms with Gasteiger partial charge in [-0.3, -0.25) is 0 Å². The number of rotatable bonds is 7. The first-order valence-electron chi connectivity index (χ1n) is 14.7. The van der Waals surface area contributed by atoms with Crippen LogP contribution in [0, 0.1) is 0 Å². The molecule has 2 aromatic heterocycles. The Morgan fingerprint density at radius 2 is 0.805 bits per heavy atom. The monoisotopic (exact) mass is 530 g/mol. The minimum absolute atomic E-state index is 0.0250. The van der Waals surface area contributed by atoms with Crippen LogP contribution in [0.4, 0.5) is 0 Å². The molecule has 5 aromatic carbocycles. The molecule has 0 bridgehead atoms. The van der Waals surface area contributed by atoms with Crippen molar-refractivity contribution in [3.05, 3.63) is 156 Å². The molecular formula is C39H34N2. The molecule has 2 nitrogen and oxygen atoms in total. The maximum Gasteiger partial charge on any atom is 0.0533 e. The normalized spacial score (nSPS) is 11.6. The molecule has 7 rings (SSSR count). The fourth-order valence-electron chi connectivity index (χ4n) is 6.84. The summed E-state index contributed by atoms with van der Waals surface area (Å²) >= 11 is 0. The van der Waals surface area contributed by atoms with E-state index in [4.69, 9.17) is 0 Å². The van der Waals surface area contributed by atoms with Crippen molar-refractivity contribution >= 4 is 21.8 Å². The molecule has 7 aromatic rings. The molecule has 0 unspecified atom stereocenters. The fourth-order valence-corrected chi connectivity index (χ4v) is 6.84. The molecule has 41 heavy (non-hydrogen) atoms. The van der Waals surface area contributed by atoms with Crippen LogP contribution < -0.4 is 0 Å². The number of hydrogen-bond donors (Lipinski definition) is 0. The molecule has 2 heterocycles. The van der Waals surface area contributed by atoms with E-state index in [9.17, 15) is 0 Å². The van der Waals surface area contributed by atoms with Gasteiger partial charge in [-0.2, -0.15) is 0 Å². The molecule has 0 radical (unpaired) electrons. The molecule has 0 aliphatic heterocycles. The Morgan fingerprint density at radius 1 is 0.439 bits per heavy atom. The SMILES string of the molecule is CCn1c(-c2ccccc2)c(C(c2ccccc2)c2c(-c3ccccc3)n(CC)c3ccccc23)c2ccccc21. The Kier molecular flexibility index (Phi) is 6.53. The van der Waals surface area contributed by atoms with Gasteiger partial charge in [0.05, 0.1) is 11.4 Å². The van der Waals surface area contributed by atoms with Crippen LogP contribution in [0.15, 0.2) is 140 Å². The average molecular weight is 531 g/mol. The molecule has 0 N–H and O–H groups in total. The summed E-state index contributed by atoms with van der Waals surface area (Å²) in [6, 6.07) is 51.0. The van der Waals surface area contributed by atoms with Crippen LogP contribution in [0.5, 0.6) is 0 Å². The molecular weight excluding hydrogens is 496 g/mol. The number of fused-ring (bicyclic) bond motifs is 2. The summed E-state index contributed by atoms with van der Waals surface area (Å²) in [5.74, 6) is 0.0250. The predicted molar refractivity (Wildman–Crippen MR) is 173 cm³/mol. The molecule has 0 aliphatic carbocycles. The molecule has 0 aliphatic rings. The Bertz CT molecular complexity index is 1820. The van der Waals surface area contributed by atoms with Crippen LogP contribution in [-0.4, -0.2) is 9.13 Å². The van der Waals surface area contributed by atoms with Crippen LogP contribution in [0.1, 0.15) is 36.5 Å². The summed E-state index contributed by atoms with van der Waals surface area (Å²) in [6.45, 7) is 6.32. The first-order valence-corrected chi connectivity index (χ1v) is 14.7. The second-order valence-electron chi connectivity index (χ2n) is 10.6. The summed E-state index contributed by atoms with van der Waals surface area (Å²) < 4.78 is 5.02. The third-order valence-electron chi connectivity index (χ3n) is 8.46. The first kappa shape index (κ1) is 25.2. The van der Waals surface area contributed by atoms with Crippen LogP contribution in [0.25, 0.3) is 44.3 Å². The standard InChI is InChI=1S/C39H34N2/c1-3-40-33-26-16-14-24-31(33)36(38(40)29-20-10-6-11-21-29)35(28-18-8-5-9-19-28)37-32-25-15-17-27-34(32)41(4-2)39(37)30-22-12-7-13-23-30/h5-27,35H,3-4H2,1-2H3. The zero-order valence-corrected chi connectivity index (χ0v) is 23.7. The number of aromatic nitrogens is 2. The van der Waals surface area contributed by atoms with E-state index in [1.54, 1.807) is 0 Å². The third kappa shape index (κ3) is 4.10. The van der Waals surface area contributed by atoms with E-state index in [1.807, 2.05) is 0 Å². The number of benzene rings is 5. The van der Waals surface area contributed by atoms with Crippen LogP contribution in [-0.2, 0) is 13.1 Å². The molecule has 0 saturated carbocycles. The zero-order valence-electron chi connectivity index (χ0n) is 23.7. The predicted octanol–water partition coefficient (Wildman–Crippen LogP) is 10.1.